The molecule has 1 saturated carbocycles. The molecule has 0 spiro atoms. The first-order valence-electron chi connectivity index (χ1n) is 10.4. The maximum Gasteiger partial charge on any atom is 0.236 e. The minimum atomic E-state index is -1.35. The predicted molar refractivity (Wildman–Crippen MR) is 113 cm³/mol. The Labute approximate surface area is 172 Å². The summed E-state index contributed by atoms with van der Waals surface area (Å²) in [5.74, 6) is 0.840. The van der Waals surface area contributed by atoms with Crippen molar-refractivity contribution >= 4 is 11.5 Å². The number of nitrogens with one attached hydrogen (secondary N) is 1. The van der Waals surface area contributed by atoms with E-state index in [4.69, 9.17) is 4.74 Å². The number of likely N-dealkylation sites (N-methyl/N-ethyl adjacent to an activating group) is 1. The number of hydrogen-bond donors (Lipinski definition) is 1. The maximum atomic E-state index is 15.5. The van der Waals surface area contributed by atoms with Crippen LogP contribution in [0.2, 0.25) is 0 Å². The molecule has 1 aromatic rings. The fourth-order valence-corrected chi connectivity index (χ4v) is 4.33. The number of rotatable bonds is 6. The summed E-state index contributed by atoms with van der Waals surface area (Å²) in [5.41, 5.74) is 0.628. The van der Waals surface area contributed by atoms with E-state index in [1.165, 1.54) is 0 Å². The Morgan fingerprint density at radius 1 is 1.28 bits per heavy atom. The largest absolute Gasteiger partial charge is 0.496 e. The topological polar surface area (TPSA) is 44.8 Å². The normalized spacial score (nSPS) is 29.5. The molecule has 5 nitrogen and oxygen atoms in total. The van der Waals surface area contributed by atoms with Gasteiger partial charge < -0.3 is 19.9 Å². The standard InChI is InChI=1S/C23H30FN3O2/c1-26-11-13-27(14-12-26)22(28)16-25-20-15-19(20)23(24)9-7-17(8-10-23)18-5-3-4-6-21(18)29-2/h3-9,19-20,25H,10-16H2,1-2H3/t19-,20-,23?/m1/s1. The molecule has 0 aromatic heterocycles. The van der Waals surface area contributed by atoms with Crippen LogP contribution >= 0.6 is 0 Å². The molecule has 3 aliphatic rings. The van der Waals surface area contributed by atoms with E-state index >= 15 is 4.39 Å². The fraction of sp³-hybridized carbons (Fsp3) is 0.522. The second kappa shape index (κ2) is 8.28. The summed E-state index contributed by atoms with van der Waals surface area (Å²) < 4.78 is 20.9. The Hall–Kier alpha value is -2.18. The van der Waals surface area contributed by atoms with Crippen LogP contribution in [0.4, 0.5) is 4.39 Å². The number of alkyl halides is 1. The Bertz CT molecular complexity index is 816. The summed E-state index contributed by atoms with van der Waals surface area (Å²) in [6.45, 7) is 3.68. The smallest absolute Gasteiger partial charge is 0.236 e. The van der Waals surface area contributed by atoms with Gasteiger partial charge in [0.15, 0.2) is 0 Å². The molecule has 1 aliphatic heterocycles. The lowest BCUT2D eigenvalue weighted by Crippen LogP contribution is -2.49. The third-order valence-electron chi connectivity index (χ3n) is 6.37. The van der Waals surface area contributed by atoms with E-state index in [0.29, 0.717) is 13.0 Å². The van der Waals surface area contributed by atoms with Crippen molar-refractivity contribution in [1.29, 1.82) is 0 Å². The average molecular weight is 400 g/mol. The molecule has 6 heteroatoms. The van der Waals surface area contributed by atoms with Crippen LogP contribution in [0.5, 0.6) is 5.75 Å². The van der Waals surface area contributed by atoms with Gasteiger partial charge in [0.2, 0.25) is 5.91 Å². The quantitative estimate of drug-likeness (QED) is 0.798. The van der Waals surface area contributed by atoms with Crippen LogP contribution in [-0.2, 0) is 4.79 Å². The van der Waals surface area contributed by atoms with Gasteiger partial charge in [-0.05, 0) is 31.2 Å². The summed E-state index contributed by atoms with van der Waals surface area (Å²) in [4.78, 5) is 16.5. The van der Waals surface area contributed by atoms with Gasteiger partial charge in [-0.3, -0.25) is 4.79 Å². The second-order valence-corrected chi connectivity index (χ2v) is 8.34. The van der Waals surface area contributed by atoms with E-state index in [1.807, 2.05) is 41.3 Å². The van der Waals surface area contributed by atoms with Crippen molar-refractivity contribution in [3.63, 3.8) is 0 Å². The van der Waals surface area contributed by atoms with E-state index in [1.54, 1.807) is 13.2 Å². The van der Waals surface area contributed by atoms with Crippen LogP contribution in [0.1, 0.15) is 18.4 Å². The molecule has 29 heavy (non-hydrogen) atoms. The zero-order valence-corrected chi connectivity index (χ0v) is 17.2. The molecule has 1 saturated heterocycles. The first-order valence-corrected chi connectivity index (χ1v) is 10.4. The number of methoxy groups -OCH3 is 1. The minimum Gasteiger partial charge on any atom is -0.496 e. The van der Waals surface area contributed by atoms with Gasteiger partial charge in [-0.1, -0.05) is 30.4 Å². The Kier molecular flexibility index (Phi) is 5.74. The van der Waals surface area contributed by atoms with Gasteiger partial charge in [0.05, 0.1) is 13.7 Å². The molecular formula is C23H30FN3O2. The summed E-state index contributed by atoms with van der Waals surface area (Å²) in [6, 6.07) is 7.87. The number of carbonyl (C=O) groups excluding carboxylic acids is 1. The highest BCUT2D eigenvalue weighted by molar-refractivity contribution is 5.79. The number of para-hydroxylation sites is 1. The van der Waals surface area contributed by atoms with Gasteiger partial charge in [-0.25, -0.2) is 4.39 Å². The first kappa shape index (κ1) is 20.1. The highest BCUT2D eigenvalue weighted by Crippen LogP contribution is 2.48. The van der Waals surface area contributed by atoms with E-state index < -0.39 is 5.67 Å². The second-order valence-electron chi connectivity index (χ2n) is 8.34. The van der Waals surface area contributed by atoms with E-state index in [0.717, 1.165) is 49.5 Å². The number of benzene rings is 1. The SMILES string of the molecule is COc1ccccc1C1=CCC(F)([C@@H]2C[C@H]2NCC(=O)N2CCN(C)CC2)C=C1. The van der Waals surface area contributed by atoms with Crippen molar-refractivity contribution in [2.24, 2.45) is 5.92 Å². The van der Waals surface area contributed by atoms with Gasteiger partial charge >= 0.3 is 0 Å². The Balaban J connectivity index is 1.29. The zero-order chi connectivity index (χ0) is 20.4. The van der Waals surface area contributed by atoms with Gasteiger partial charge in [-0.15, -0.1) is 0 Å². The van der Waals surface area contributed by atoms with E-state index in [2.05, 4.69) is 17.3 Å². The molecule has 1 heterocycles. The molecule has 2 aliphatic carbocycles. The number of amides is 1. The van der Waals surface area contributed by atoms with Crippen molar-refractivity contribution in [3.05, 3.63) is 48.1 Å². The van der Waals surface area contributed by atoms with Gasteiger partial charge in [0, 0.05) is 50.1 Å². The monoisotopic (exact) mass is 399 g/mol. The van der Waals surface area contributed by atoms with Gasteiger partial charge in [0.1, 0.15) is 11.4 Å². The summed E-state index contributed by atoms with van der Waals surface area (Å²) in [5, 5.41) is 3.28. The first-order chi connectivity index (χ1) is 14.0. The predicted octanol–water partition coefficient (Wildman–Crippen LogP) is 2.50. The highest BCUT2D eigenvalue weighted by atomic mass is 19.1. The molecule has 0 bridgehead atoms. The minimum absolute atomic E-state index is 0.0716. The number of halogens is 1. The van der Waals surface area contributed by atoms with Crippen molar-refractivity contribution < 1.29 is 13.9 Å². The van der Waals surface area contributed by atoms with Crippen LogP contribution in [0.15, 0.2) is 42.5 Å². The lowest BCUT2D eigenvalue weighted by atomic mass is 9.87. The molecule has 4 rings (SSSR count). The molecule has 0 radical (unpaired) electrons. The van der Waals surface area contributed by atoms with E-state index in [9.17, 15) is 4.79 Å². The molecular weight excluding hydrogens is 369 g/mol. The zero-order valence-electron chi connectivity index (χ0n) is 17.2. The van der Waals surface area contributed by atoms with Crippen molar-refractivity contribution in [3.8, 4) is 5.75 Å². The van der Waals surface area contributed by atoms with Crippen LogP contribution < -0.4 is 10.1 Å². The number of piperazine rings is 1. The third kappa shape index (κ3) is 4.38. The number of ether oxygens (including phenoxy) is 1. The Morgan fingerprint density at radius 2 is 2.03 bits per heavy atom. The Morgan fingerprint density at radius 3 is 2.72 bits per heavy atom. The molecule has 156 valence electrons. The van der Waals surface area contributed by atoms with Crippen molar-refractivity contribution in [2.75, 3.05) is 46.9 Å². The number of hydrogen-bond acceptors (Lipinski definition) is 4. The molecule has 1 unspecified atom stereocenters. The lowest BCUT2D eigenvalue weighted by molar-refractivity contribution is -0.131. The molecule has 1 amide bonds. The van der Waals surface area contributed by atoms with Gasteiger partial charge in [0.25, 0.3) is 0 Å². The summed E-state index contributed by atoms with van der Waals surface area (Å²) >= 11 is 0. The number of allylic oxidation sites excluding steroid dienone is 4. The average Bonchev–Trinajstić information content (AvgIpc) is 3.54. The van der Waals surface area contributed by atoms with Crippen molar-refractivity contribution in [1.82, 2.24) is 15.1 Å². The summed E-state index contributed by atoms with van der Waals surface area (Å²) in [6.07, 6.45) is 6.65. The van der Waals surface area contributed by atoms with Crippen LogP contribution in [0, 0.1) is 5.92 Å². The van der Waals surface area contributed by atoms with E-state index in [-0.39, 0.29) is 17.9 Å². The third-order valence-corrected chi connectivity index (χ3v) is 6.37. The molecule has 2 fully saturated rings. The van der Waals surface area contributed by atoms with Crippen LogP contribution in [0.25, 0.3) is 5.57 Å². The summed E-state index contributed by atoms with van der Waals surface area (Å²) in [7, 11) is 3.72. The fourth-order valence-electron chi connectivity index (χ4n) is 4.33. The van der Waals surface area contributed by atoms with Gasteiger partial charge in [-0.2, -0.15) is 0 Å². The number of carbonyl (C=O) groups is 1. The molecule has 1 N–H and O–H groups in total. The molecule has 1 aromatic carbocycles. The van der Waals surface area contributed by atoms with Crippen molar-refractivity contribution in [2.45, 2.75) is 24.6 Å². The lowest BCUT2D eigenvalue weighted by Gasteiger charge is -2.32. The van der Waals surface area contributed by atoms with Crippen LogP contribution in [-0.4, -0.2) is 74.3 Å². The van der Waals surface area contributed by atoms with Crippen LogP contribution in [0.3, 0.4) is 0 Å². The maximum absolute atomic E-state index is 15.5. The highest BCUT2D eigenvalue weighted by Gasteiger charge is 2.52. The molecule has 3 atom stereocenters. The number of nitrogens with zero attached hydrogens (tertiary/aromatic N) is 2.